The Labute approximate surface area is 204 Å². The third-order valence-corrected chi connectivity index (χ3v) is 6.80. The summed E-state index contributed by atoms with van der Waals surface area (Å²) in [5.74, 6) is -2.62. The third kappa shape index (κ3) is 6.35. The molecule has 3 aliphatic rings. The molecule has 10 atom stereocenters. The van der Waals surface area contributed by atoms with Gasteiger partial charge >= 0.3 is 23.9 Å². The number of thioether (sulfide) groups is 1. The van der Waals surface area contributed by atoms with E-state index in [0.29, 0.717) is 0 Å². The van der Waals surface area contributed by atoms with Gasteiger partial charge in [-0.3, -0.25) is 19.2 Å². The molecule has 3 fully saturated rings. The van der Waals surface area contributed by atoms with Gasteiger partial charge in [0.2, 0.25) is 0 Å². The van der Waals surface area contributed by atoms with Gasteiger partial charge in [0.1, 0.15) is 29.8 Å². The minimum absolute atomic E-state index is 0.0686. The molecule has 0 aromatic heterocycles. The van der Waals surface area contributed by atoms with Crippen LogP contribution in [0.3, 0.4) is 0 Å². The highest BCUT2D eigenvalue weighted by Gasteiger charge is 2.57. The van der Waals surface area contributed by atoms with Gasteiger partial charge in [-0.15, -0.1) is 11.8 Å². The minimum Gasteiger partial charge on any atom is -0.459 e. The van der Waals surface area contributed by atoms with Crippen molar-refractivity contribution in [2.75, 3.05) is 6.61 Å². The second-order valence-corrected chi connectivity index (χ2v) is 9.66. The fourth-order valence-corrected chi connectivity index (χ4v) is 5.61. The number of esters is 4. The van der Waals surface area contributed by atoms with Gasteiger partial charge in [0.15, 0.2) is 24.6 Å². The summed E-state index contributed by atoms with van der Waals surface area (Å²) in [6, 6.07) is -1.04. The first-order valence-corrected chi connectivity index (χ1v) is 11.8. The average Bonchev–Trinajstić information content (AvgIpc) is 3.18. The summed E-state index contributed by atoms with van der Waals surface area (Å²) >= 11 is 1.16. The minimum atomic E-state index is -1.20. The summed E-state index contributed by atoms with van der Waals surface area (Å²) in [5, 5.41) is 3.22. The van der Waals surface area contributed by atoms with Gasteiger partial charge in [0.25, 0.3) is 0 Å². The zero-order valence-electron chi connectivity index (χ0n) is 19.7. The molecular weight excluding hydrogens is 490 g/mol. The maximum absolute atomic E-state index is 12.0. The molecule has 3 aliphatic heterocycles. The lowest BCUT2D eigenvalue weighted by atomic mass is 9.98. The predicted molar refractivity (Wildman–Crippen MR) is 115 cm³/mol. The third-order valence-electron chi connectivity index (χ3n) is 5.45. The Morgan fingerprint density at radius 1 is 0.857 bits per heavy atom. The number of hydrogen-bond acceptors (Lipinski definition) is 13. The van der Waals surface area contributed by atoms with Crippen LogP contribution in [0.4, 0.5) is 0 Å². The van der Waals surface area contributed by atoms with Crippen molar-refractivity contribution in [1.29, 1.82) is 0 Å². The predicted octanol–water partition coefficient (Wildman–Crippen LogP) is 0.994. The maximum atomic E-state index is 12.0. The van der Waals surface area contributed by atoms with E-state index in [1.807, 2.05) is 0 Å². The average molecular weight is 518 g/mol. The summed E-state index contributed by atoms with van der Waals surface area (Å²) < 4.78 is 39.3. The lowest BCUT2D eigenvalue weighted by Gasteiger charge is -2.46. The molecule has 3 saturated heterocycles. The Kier molecular flexibility index (Phi) is 8.83. The highest BCUT2D eigenvalue weighted by Crippen LogP contribution is 2.42. The van der Waals surface area contributed by atoms with Gasteiger partial charge in [-0.1, -0.05) is 5.11 Å². The second-order valence-electron chi connectivity index (χ2n) is 8.18. The molecule has 0 unspecified atom stereocenters. The molecule has 0 N–H and O–H groups in total. The summed E-state index contributed by atoms with van der Waals surface area (Å²) in [6.45, 7) is 6.55. The molecule has 0 radical (unpaired) electrons. The Hall–Kier alpha value is -2.58. The molecule has 0 saturated carbocycles. The van der Waals surface area contributed by atoms with E-state index in [9.17, 15) is 19.2 Å². The molecule has 2 bridgehead atoms. The monoisotopic (exact) mass is 517 g/mol. The van der Waals surface area contributed by atoms with Crippen LogP contribution in [0.25, 0.3) is 10.4 Å². The van der Waals surface area contributed by atoms with Crippen LogP contribution >= 0.6 is 11.8 Å². The topological polar surface area (TPSA) is 182 Å². The van der Waals surface area contributed by atoms with E-state index >= 15 is 0 Å². The van der Waals surface area contributed by atoms with Gasteiger partial charge in [0, 0.05) is 37.9 Å². The van der Waals surface area contributed by atoms with E-state index in [-0.39, 0.29) is 6.61 Å². The summed E-state index contributed by atoms with van der Waals surface area (Å²) in [6.07, 6.45) is -6.99. The van der Waals surface area contributed by atoms with Gasteiger partial charge in [-0.05, 0) is 12.5 Å². The molecule has 0 aromatic carbocycles. The molecular formula is C20H27N3O11S. The van der Waals surface area contributed by atoms with E-state index in [1.165, 1.54) is 27.7 Å². The summed E-state index contributed by atoms with van der Waals surface area (Å²) in [7, 11) is 0. The number of azide groups is 1. The van der Waals surface area contributed by atoms with Crippen molar-refractivity contribution in [2.45, 2.75) is 94.3 Å². The van der Waals surface area contributed by atoms with Crippen molar-refractivity contribution in [3.63, 3.8) is 0 Å². The zero-order chi connectivity index (χ0) is 25.9. The number of ether oxygens (including phenoxy) is 7. The summed E-state index contributed by atoms with van der Waals surface area (Å²) in [5.41, 5.74) is 8.04. The first-order valence-electron chi connectivity index (χ1n) is 10.8. The lowest BCUT2D eigenvalue weighted by Crippen LogP contribution is -2.61. The van der Waals surface area contributed by atoms with Crippen LogP contribution < -0.4 is 0 Å². The van der Waals surface area contributed by atoms with E-state index in [2.05, 4.69) is 10.0 Å². The quantitative estimate of drug-likeness (QED) is 0.154. The first kappa shape index (κ1) is 27.0. The SMILES string of the molecule is CC(=O)O[C@@H]1[C@H](OC(C)=O)[C@H](C)S[C@H](O[C@H]2[C@H](OC(C)=O)[C@@H](N=[N+]=[N-])[C@@H]3OC[C@H]2O3)[C@H]1OC(C)=O. The Morgan fingerprint density at radius 2 is 1.40 bits per heavy atom. The molecule has 0 aliphatic carbocycles. The maximum Gasteiger partial charge on any atom is 0.303 e. The van der Waals surface area contributed by atoms with Crippen LogP contribution in [0.5, 0.6) is 0 Å². The largest absolute Gasteiger partial charge is 0.459 e. The van der Waals surface area contributed by atoms with Crippen LogP contribution in [-0.4, -0.2) is 90.1 Å². The normalized spacial score (nSPS) is 38.0. The molecule has 0 aromatic rings. The highest BCUT2D eigenvalue weighted by molar-refractivity contribution is 8.00. The Bertz CT molecular complexity index is 898. The standard InChI is InChI=1S/C20H27N3O11S/c1-7-14(29-8(2)24)17(31-10(4)26)18(32-11(5)27)20(35-7)34-15-12-6-28-19(33-12)13(22-23-21)16(15)30-9(3)25/h7,12-20H,6H2,1-5H3/t7-,12+,13+,14+,15+,16+,17+,18-,19+,20-/m0/s1. The highest BCUT2D eigenvalue weighted by atomic mass is 32.2. The van der Waals surface area contributed by atoms with Crippen LogP contribution in [-0.2, 0) is 52.3 Å². The van der Waals surface area contributed by atoms with Crippen LogP contribution in [0.15, 0.2) is 5.11 Å². The van der Waals surface area contributed by atoms with Gasteiger partial charge in [-0.2, -0.15) is 0 Å². The first-order chi connectivity index (χ1) is 16.5. The Balaban J connectivity index is 1.96. The molecule has 3 heterocycles. The van der Waals surface area contributed by atoms with Crippen molar-refractivity contribution in [1.82, 2.24) is 0 Å². The number of nitrogens with zero attached hydrogens (tertiary/aromatic N) is 3. The summed E-state index contributed by atoms with van der Waals surface area (Å²) in [4.78, 5) is 50.2. The smallest absolute Gasteiger partial charge is 0.303 e. The zero-order valence-corrected chi connectivity index (χ0v) is 20.5. The molecule has 3 rings (SSSR count). The van der Waals surface area contributed by atoms with Crippen LogP contribution in [0.2, 0.25) is 0 Å². The molecule has 15 heteroatoms. The van der Waals surface area contributed by atoms with Crippen LogP contribution in [0, 0.1) is 0 Å². The second kappa shape index (κ2) is 11.4. The number of carbonyl (C=O) groups is 4. The molecule has 194 valence electrons. The number of rotatable bonds is 7. The number of carbonyl (C=O) groups excluding carboxylic acids is 4. The Morgan fingerprint density at radius 3 is 1.97 bits per heavy atom. The van der Waals surface area contributed by atoms with Gasteiger partial charge < -0.3 is 33.2 Å². The lowest BCUT2D eigenvalue weighted by molar-refractivity contribution is -0.227. The van der Waals surface area contributed by atoms with Gasteiger partial charge in [-0.25, -0.2) is 0 Å². The number of fused-ring (bicyclic) bond motifs is 2. The molecule has 0 amide bonds. The van der Waals surface area contributed by atoms with E-state index in [1.54, 1.807) is 6.92 Å². The van der Waals surface area contributed by atoms with Gasteiger partial charge in [0.05, 0.1) is 6.61 Å². The van der Waals surface area contributed by atoms with Crippen molar-refractivity contribution < 1.29 is 52.3 Å². The fraction of sp³-hybridized carbons (Fsp3) is 0.800. The van der Waals surface area contributed by atoms with Crippen molar-refractivity contribution >= 4 is 35.6 Å². The van der Waals surface area contributed by atoms with Crippen molar-refractivity contribution in [3.05, 3.63) is 10.4 Å². The van der Waals surface area contributed by atoms with Crippen molar-refractivity contribution in [2.24, 2.45) is 5.11 Å². The van der Waals surface area contributed by atoms with E-state index < -0.39 is 83.5 Å². The van der Waals surface area contributed by atoms with E-state index in [4.69, 9.17) is 38.7 Å². The van der Waals surface area contributed by atoms with E-state index in [0.717, 1.165) is 11.8 Å². The fourth-order valence-electron chi connectivity index (χ4n) is 4.26. The number of hydrogen-bond donors (Lipinski definition) is 0. The molecule has 0 spiro atoms. The van der Waals surface area contributed by atoms with Crippen molar-refractivity contribution in [3.8, 4) is 0 Å². The van der Waals surface area contributed by atoms with Crippen LogP contribution in [0.1, 0.15) is 34.6 Å². The molecule has 35 heavy (non-hydrogen) atoms. The molecule has 14 nitrogen and oxygen atoms in total.